The number of hydrogen-bond acceptors (Lipinski definition) is 6. The average Bonchev–Trinajstić information content (AvgIpc) is 3.40. The van der Waals surface area contributed by atoms with E-state index in [0.29, 0.717) is 49.3 Å². The van der Waals surface area contributed by atoms with E-state index < -0.39 is 11.9 Å². The fourth-order valence-corrected chi connectivity index (χ4v) is 5.39. The largest absolute Gasteiger partial charge is 0.381 e. The molecule has 0 radical (unpaired) electrons. The van der Waals surface area contributed by atoms with Crippen molar-refractivity contribution in [1.82, 2.24) is 19.5 Å². The lowest BCUT2D eigenvalue weighted by atomic mass is 9.82. The van der Waals surface area contributed by atoms with Crippen molar-refractivity contribution in [3.63, 3.8) is 0 Å². The predicted octanol–water partition coefficient (Wildman–Crippen LogP) is 2.02. The number of nitrogens with zero attached hydrogens (tertiary/aromatic N) is 4. The number of carbonyl (C=O) groups is 1. The summed E-state index contributed by atoms with van der Waals surface area (Å²) >= 11 is 6.45. The summed E-state index contributed by atoms with van der Waals surface area (Å²) in [5.41, 5.74) is 1.14. The van der Waals surface area contributed by atoms with Crippen molar-refractivity contribution in [2.24, 2.45) is 5.92 Å². The summed E-state index contributed by atoms with van der Waals surface area (Å²) in [7, 11) is 0. The number of aliphatic hydroxyl groups is 1. The molecule has 3 aliphatic rings. The van der Waals surface area contributed by atoms with Crippen molar-refractivity contribution in [3.05, 3.63) is 40.5 Å². The quantitative estimate of drug-likeness (QED) is 0.821. The molecule has 28 heavy (non-hydrogen) atoms. The van der Waals surface area contributed by atoms with Crippen LogP contribution in [-0.4, -0.2) is 62.5 Å². The summed E-state index contributed by atoms with van der Waals surface area (Å²) in [5.74, 6) is 0.0424. The highest BCUT2D eigenvalue weighted by Crippen LogP contribution is 2.48. The second-order valence-corrected chi connectivity index (χ2v) is 8.16. The molecule has 0 spiro atoms. The molecule has 5 rings (SSSR count). The summed E-state index contributed by atoms with van der Waals surface area (Å²) in [4.78, 5) is 17.5. The highest BCUT2D eigenvalue weighted by atomic mass is 35.5. The molecule has 5 heterocycles. The lowest BCUT2D eigenvalue weighted by Gasteiger charge is -2.54. The van der Waals surface area contributed by atoms with Crippen LogP contribution in [0.5, 0.6) is 0 Å². The van der Waals surface area contributed by atoms with Gasteiger partial charge in [-0.3, -0.25) is 4.79 Å². The fourth-order valence-electron chi connectivity index (χ4n) is 5.17. The Bertz CT molecular complexity index is 906. The number of ether oxygens (including phenoxy) is 1. The Labute approximate surface area is 167 Å². The molecular weight excluding hydrogens is 384 g/mol. The number of fused-ring (bicyclic) bond motifs is 2. The van der Waals surface area contributed by atoms with Gasteiger partial charge in [-0.25, -0.2) is 4.90 Å². The molecule has 1 N–H and O–H groups in total. The van der Waals surface area contributed by atoms with Gasteiger partial charge in [-0.15, -0.1) is 0 Å². The Kier molecular flexibility index (Phi) is 4.28. The van der Waals surface area contributed by atoms with Gasteiger partial charge in [-0.1, -0.05) is 16.8 Å². The maximum atomic E-state index is 13.5. The zero-order valence-electron chi connectivity index (χ0n) is 15.7. The van der Waals surface area contributed by atoms with Gasteiger partial charge in [0.2, 0.25) is 0 Å². The van der Waals surface area contributed by atoms with E-state index in [2.05, 4.69) is 10.1 Å². The third kappa shape index (κ3) is 2.41. The van der Waals surface area contributed by atoms with E-state index in [1.807, 2.05) is 15.5 Å². The van der Waals surface area contributed by atoms with E-state index in [1.165, 1.54) is 6.26 Å². The Morgan fingerprint density at radius 2 is 2.11 bits per heavy atom. The van der Waals surface area contributed by atoms with Gasteiger partial charge in [0.1, 0.15) is 22.6 Å². The molecule has 2 aromatic rings. The van der Waals surface area contributed by atoms with E-state index in [1.54, 1.807) is 13.0 Å². The van der Waals surface area contributed by atoms with Crippen molar-refractivity contribution in [2.45, 2.75) is 38.2 Å². The van der Waals surface area contributed by atoms with Crippen molar-refractivity contribution >= 4 is 17.5 Å². The van der Waals surface area contributed by atoms with Crippen LogP contribution in [0.2, 0.25) is 5.15 Å². The molecular formula is C19H23ClN4O4. The van der Waals surface area contributed by atoms with E-state index in [4.69, 9.17) is 20.9 Å². The topological polar surface area (TPSA) is 84.0 Å². The minimum atomic E-state index is -0.814. The maximum absolute atomic E-state index is 13.5. The second-order valence-electron chi connectivity index (χ2n) is 7.77. The van der Waals surface area contributed by atoms with Gasteiger partial charge in [0.05, 0.1) is 17.9 Å². The Morgan fingerprint density at radius 1 is 1.32 bits per heavy atom. The first-order chi connectivity index (χ1) is 13.5. The first-order valence-electron chi connectivity index (χ1n) is 9.64. The van der Waals surface area contributed by atoms with Gasteiger partial charge in [0, 0.05) is 32.2 Å². The van der Waals surface area contributed by atoms with Crippen LogP contribution in [0.1, 0.15) is 40.8 Å². The number of aliphatic hydroxyl groups excluding tert-OH is 1. The fraction of sp³-hybridized carbons (Fsp3) is 0.579. The molecule has 150 valence electrons. The van der Waals surface area contributed by atoms with Crippen LogP contribution in [0.25, 0.3) is 0 Å². The van der Waals surface area contributed by atoms with Crippen molar-refractivity contribution < 1.29 is 19.2 Å². The van der Waals surface area contributed by atoms with Crippen LogP contribution in [0, 0.1) is 12.8 Å². The summed E-state index contributed by atoms with van der Waals surface area (Å²) in [5, 5.41) is 15.6. The summed E-state index contributed by atoms with van der Waals surface area (Å²) in [6.07, 6.45) is 2.24. The molecule has 0 saturated carbocycles. The number of halogens is 1. The summed E-state index contributed by atoms with van der Waals surface area (Å²) in [6, 6.07) is 3.66. The van der Waals surface area contributed by atoms with E-state index in [9.17, 15) is 9.90 Å². The average molecular weight is 407 g/mol. The van der Waals surface area contributed by atoms with Gasteiger partial charge in [-0.05, 0) is 31.9 Å². The van der Waals surface area contributed by atoms with Crippen LogP contribution >= 0.6 is 11.6 Å². The third-order valence-corrected chi connectivity index (χ3v) is 6.87. The van der Waals surface area contributed by atoms with Gasteiger partial charge in [0.25, 0.3) is 5.91 Å². The van der Waals surface area contributed by atoms with Gasteiger partial charge in [-0.2, -0.15) is 0 Å². The molecule has 9 heteroatoms. The van der Waals surface area contributed by atoms with E-state index >= 15 is 0 Å². The standard InChI is InChI=1S/C19H23ClN4O4/c1-12-14(10-28-21-12)17(25)23-6-7-24-18(26)15-2-3-16(20)22(15)11-19(23,24)13-4-8-27-9-5-13/h2-3,10,13,18,26H,4-9,11H2,1H3. The van der Waals surface area contributed by atoms with Crippen molar-refractivity contribution in [3.8, 4) is 0 Å². The molecule has 2 saturated heterocycles. The molecule has 0 aliphatic carbocycles. The second kappa shape index (κ2) is 6.59. The summed E-state index contributed by atoms with van der Waals surface area (Å²) < 4.78 is 12.5. The van der Waals surface area contributed by atoms with Crippen molar-refractivity contribution in [1.29, 1.82) is 0 Å². The molecule has 3 aliphatic heterocycles. The van der Waals surface area contributed by atoms with E-state index in [0.717, 1.165) is 18.5 Å². The normalized spacial score (nSPS) is 28.4. The third-order valence-electron chi connectivity index (χ3n) is 6.54. The van der Waals surface area contributed by atoms with Crippen molar-refractivity contribution in [2.75, 3.05) is 26.3 Å². The minimum absolute atomic E-state index is 0.119. The number of carbonyl (C=O) groups excluding carboxylic acids is 1. The highest BCUT2D eigenvalue weighted by Gasteiger charge is 2.59. The molecule has 2 aromatic heterocycles. The Balaban J connectivity index is 1.63. The first-order valence-corrected chi connectivity index (χ1v) is 10.0. The Hall–Kier alpha value is -1.87. The molecule has 1 amide bonds. The van der Waals surface area contributed by atoms with Crippen LogP contribution in [0.3, 0.4) is 0 Å². The smallest absolute Gasteiger partial charge is 0.260 e. The highest BCUT2D eigenvalue weighted by molar-refractivity contribution is 6.29. The number of hydrogen-bond donors (Lipinski definition) is 1. The minimum Gasteiger partial charge on any atom is -0.381 e. The summed E-state index contributed by atoms with van der Waals surface area (Å²) in [6.45, 7) is 4.71. The number of rotatable bonds is 2. The number of aryl methyl sites for hydroxylation is 1. The monoisotopic (exact) mass is 406 g/mol. The zero-order valence-corrected chi connectivity index (χ0v) is 16.4. The van der Waals surface area contributed by atoms with Crippen LogP contribution < -0.4 is 0 Å². The first kappa shape index (κ1) is 18.2. The van der Waals surface area contributed by atoms with Gasteiger partial charge >= 0.3 is 0 Å². The zero-order chi connectivity index (χ0) is 19.5. The number of aromatic nitrogens is 2. The molecule has 8 nitrogen and oxygen atoms in total. The van der Waals surface area contributed by atoms with Crippen LogP contribution in [0.15, 0.2) is 22.9 Å². The molecule has 0 aromatic carbocycles. The maximum Gasteiger partial charge on any atom is 0.260 e. The number of amides is 1. The SMILES string of the molecule is Cc1nocc1C(=O)N1CCN2C(O)c3ccc(Cl)n3CC12C1CCOCC1. The van der Waals surface area contributed by atoms with Gasteiger partial charge in [0.15, 0.2) is 6.23 Å². The Morgan fingerprint density at radius 3 is 2.82 bits per heavy atom. The predicted molar refractivity (Wildman–Crippen MR) is 99.7 cm³/mol. The molecule has 0 bridgehead atoms. The molecule has 2 atom stereocenters. The lowest BCUT2D eigenvalue weighted by Crippen LogP contribution is -2.66. The lowest BCUT2D eigenvalue weighted by molar-refractivity contribution is -0.154. The molecule has 2 fully saturated rings. The van der Waals surface area contributed by atoms with Crippen LogP contribution in [0.4, 0.5) is 0 Å². The molecule has 2 unspecified atom stereocenters. The van der Waals surface area contributed by atoms with Crippen LogP contribution in [-0.2, 0) is 11.3 Å². The van der Waals surface area contributed by atoms with Gasteiger partial charge < -0.3 is 23.8 Å². The van der Waals surface area contributed by atoms with E-state index in [-0.39, 0.29) is 11.8 Å².